The van der Waals surface area contributed by atoms with Gasteiger partial charge in [0.15, 0.2) is 11.1 Å². The van der Waals surface area contributed by atoms with E-state index in [1.807, 2.05) is 0 Å². The molecule has 0 saturated carbocycles. The standard InChI is InChI=1S/C12H25N3O4S/c1-9(2)10(7-16)15-11(17)12(14,8-20(18)19)5-3-4-6-13/h7,9-10H,3-6,8,13-14H2,1-2H3,(H,15,17)(H,18,19)/t10-,12+/m1/s1. The van der Waals surface area contributed by atoms with Gasteiger partial charge in [0.2, 0.25) is 5.91 Å². The molecule has 0 fully saturated rings. The van der Waals surface area contributed by atoms with Gasteiger partial charge in [-0.1, -0.05) is 13.8 Å². The summed E-state index contributed by atoms with van der Waals surface area (Å²) in [4.78, 5) is 23.1. The molecule has 3 atom stereocenters. The van der Waals surface area contributed by atoms with Gasteiger partial charge in [0.1, 0.15) is 11.8 Å². The van der Waals surface area contributed by atoms with Crippen LogP contribution in [-0.2, 0) is 20.7 Å². The van der Waals surface area contributed by atoms with Crippen LogP contribution >= 0.6 is 0 Å². The van der Waals surface area contributed by atoms with E-state index >= 15 is 0 Å². The Labute approximate surface area is 122 Å². The molecule has 0 heterocycles. The molecule has 0 aliphatic heterocycles. The van der Waals surface area contributed by atoms with Crippen molar-refractivity contribution < 1.29 is 18.4 Å². The van der Waals surface area contributed by atoms with E-state index in [-0.39, 0.29) is 18.1 Å². The number of hydrogen-bond donors (Lipinski definition) is 4. The van der Waals surface area contributed by atoms with Gasteiger partial charge in [0.05, 0.1) is 11.8 Å². The second-order valence-corrected chi connectivity index (χ2v) is 6.18. The number of nitrogens with two attached hydrogens (primary N) is 2. The van der Waals surface area contributed by atoms with Crippen LogP contribution in [-0.4, -0.2) is 44.8 Å². The normalized spacial score (nSPS) is 17.3. The van der Waals surface area contributed by atoms with Gasteiger partial charge in [-0.25, -0.2) is 4.21 Å². The summed E-state index contributed by atoms with van der Waals surface area (Å²) in [6.45, 7) is 4.04. The Morgan fingerprint density at radius 3 is 2.45 bits per heavy atom. The molecule has 0 saturated heterocycles. The van der Waals surface area contributed by atoms with Crippen molar-refractivity contribution in [1.29, 1.82) is 0 Å². The minimum absolute atomic E-state index is 0.0793. The molecule has 118 valence electrons. The van der Waals surface area contributed by atoms with Gasteiger partial charge in [-0.05, 0) is 31.7 Å². The van der Waals surface area contributed by atoms with E-state index in [2.05, 4.69) is 5.32 Å². The van der Waals surface area contributed by atoms with Gasteiger partial charge < -0.3 is 26.1 Å². The van der Waals surface area contributed by atoms with Crippen molar-refractivity contribution >= 4 is 23.3 Å². The van der Waals surface area contributed by atoms with E-state index in [4.69, 9.17) is 16.0 Å². The number of carbonyl (C=O) groups excluding carboxylic acids is 2. The third kappa shape index (κ3) is 6.56. The maximum Gasteiger partial charge on any atom is 0.241 e. The molecule has 0 aliphatic carbocycles. The summed E-state index contributed by atoms with van der Waals surface area (Å²) in [5, 5.41) is 2.53. The van der Waals surface area contributed by atoms with Gasteiger partial charge in [-0.2, -0.15) is 0 Å². The van der Waals surface area contributed by atoms with Crippen LogP contribution < -0.4 is 16.8 Å². The topological polar surface area (TPSA) is 136 Å². The van der Waals surface area contributed by atoms with Gasteiger partial charge in [0, 0.05) is 0 Å². The highest BCUT2D eigenvalue weighted by Gasteiger charge is 2.36. The van der Waals surface area contributed by atoms with Crippen molar-refractivity contribution in [2.75, 3.05) is 12.3 Å². The highest BCUT2D eigenvalue weighted by Crippen LogP contribution is 2.14. The molecule has 0 rings (SSSR count). The predicted molar refractivity (Wildman–Crippen MR) is 78.3 cm³/mol. The van der Waals surface area contributed by atoms with Crippen molar-refractivity contribution in [2.24, 2.45) is 17.4 Å². The predicted octanol–water partition coefficient (Wildman–Crippen LogP) is -0.626. The van der Waals surface area contributed by atoms with E-state index in [1.165, 1.54) is 0 Å². The highest BCUT2D eigenvalue weighted by molar-refractivity contribution is 7.79. The molecule has 0 aliphatic rings. The Morgan fingerprint density at radius 1 is 1.45 bits per heavy atom. The van der Waals surface area contributed by atoms with Crippen LogP contribution in [0.1, 0.15) is 33.1 Å². The van der Waals surface area contributed by atoms with Crippen LogP contribution in [0.25, 0.3) is 0 Å². The number of aldehydes is 1. The Bertz CT molecular complexity index is 352. The Kier molecular flexibility index (Phi) is 8.79. The molecule has 20 heavy (non-hydrogen) atoms. The lowest BCUT2D eigenvalue weighted by Gasteiger charge is -2.29. The second-order valence-electron chi connectivity index (χ2n) is 5.25. The molecule has 0 aromatic heterocycles. The Balaban J connectivity index is 4.86. The summed E-state index contributed by atoms with van der Waals surface area (Å²) >= 11 is -2.19. The van der Waals surface area contributed by atoms with Crippen molar-refractivity contribution in [3.05, 3.63) is 0 Å². The van der Waals surface area contributed by atoms with Crippen molar-refractivity contribution in [3.63, 3.8) is 0 Å². The average molecular weight is 307 g/mol. The zero-order valence-electron chi connectivity index (χ0n) is 12.0. The molecule has 0 bridgehead atoms. The van der Waals surface area contributed by atoms with E-state index < -0.39 is 28.6 Å². The fourth-order valence-electron chi connectivity index (χ4n) is 1.71. The first-order chi connectivity index (χ1) is 9.26. The zero-order valence-corrected chi connectivity index (χ0v) is 12.8. The highest BCUT2D eigenvalue weighted by atomic mass is 32.2. The second kappa shape index (κ2) is 9.17. The summed E-state index contributed by atoms with van der Waals surface area (Å²) in [7, 11) is 0. The van der Waals surface area contributed by atoms with Crippen LogP contribution in [0.5, 0.6) is 0 Å². The molecule has 0 aromatic carbocycles. The summed E-state index contributed by atoms with van der Waals surface area (Å²) in [6, 6.07) is -0.660. The Hall–Kier alpha value is -0.830. The molecule has 6 N–H and O–H groups in total. The number of hydrogen-bond acceptors (Lipinski definition) is 5. The van der Waals surface area contributed by atoms with Gasteiger partial charge in [-0.15, -0.1) is 0 Å². The van der Waals surface area contributed by atoms with Crippen molar-refractivity contribution in [3.8, 4) is 0 Å². The van der Waals surface area contributed by atoms with Crippen LogP contribution in [0, 0.1) is 5.92 Å². The van der Waals surface area contributed by atoms with Gasteiger partial charge >= 0.3 is 0 Å². The number of unbranched alkanes of at least 4 members (excludes halogenated alkanes) is 1. The minimum atomic E-state index is -2.19. The lowest BCUT2D eigenvalue weighted by molar-refractivity contribution is -0.128. The molecular weight excluding hydrogens is 282 g/mol. The Morgan fingerprint density at radius 2 is 2.05 bits per heavy atom. The largest absolute Gasteiger partial charge is 0.345 e. The van der Waals surface area contributed by atoms with Crippen molar-refractivity contribution in [1.82, 2.24) is 5.32 Å². The molecule has 1 unspecified atom stereocenters. The van der Waals surface area contributed by atoms with Crippen LogP contribution in [0.3, 0.4) is 0 Å². The monoisotopic (exact) mass is 307 g/mol. The number of nitrogens with one attached hydrogen (secondary N) is 1. The maximum absolute atomic E-state index is 12.2. The first-order valence-electron chi connectivity index (χ1n) is 6.59. The van der Waals surface area contributed by atoms with Crippen LogP contribution in [0.15, 0.2) is 0 Å². The molecule has 0 spiro atoms. The maximum atomic E-state index is 12.2. The fourth-order valence-corrected chi connectivity index (χ4v) is 2.43. The summed E-state index contributed by atoms with van der Waals surface area (Å²) < 4.78 is 20.0. The van der Waals surface area contributed by atoms with E-state index in [0.717, 1.165) is 0 Å². The fraction of sp³-hybridized carbons (Fsp3) is 0.833. The van der Waals surface area contributed by atoms with E-state index in [1.54, 1.807) is 13.8 Å². The van der Waals surface area contributed by atoms with E-state index in [9.17, 15) is 13.8 Å². The number of carbonyl (C=O) groups is 2. The quantitative estimate of drug-likeness (QED) is 0.241. The summed E-state index contributed by atoms with van der Waals surface area (Å²) in [6.07, 6.45) is 2.13. The number of rotatable bonds is 10. The molecule has 1 amide bonds. The zero-order chi connectivity index (χ0) is 15.8. The number of amides is 1. The lowest BCUT2D eigenvalue weighted by atomic mass is 9.93. The molecule has 7 nitrogen and oxygen atoms in total. The minimum Gasteiger partial charge on any atom is -0.345 e. The lowest BCUT2D eigenvalue weighted by Crippen LogP contribution is -2.60. The van der Waals surface area contributed by atoms with Crippen LogP contribution in [0.2, 0.25) is 0 Å². The first kappa shape index (κ1) is 19.2. The van der Waals surface area contributed by atoms with Gasteiger partial charge in [-0.3, -0.25) is 4.79 Å². The summed E-state index contributed by atoms with van der Waals surface area (Å²) in [5.41, 5.74) is 9.88. The first-order valence-corrected chi connectivity index (χ1v) is 7.87. The SMILES string of the molecule is CC(C)[C@@H](C=O)NC(=O)[C@](N)(CCCCN)CS(=O)O. The van der Waals surface area contributed by atoms with Gasteiger partial charge in [0.25, 0.3) is 0 Å². The molecule has 8 heteroatoms. The average Bonchev–Trinajstić information content (AvgIpc) is 2.34. The van der Waals surface area contributed by atoms with Crippen LogP contribution in [0.4, 0.5) is 0 Å². The third-order valence-electron chi connectivity index (χ3n) is 3.07. The van der Waals surface area contributed by atoms with E-state index in [0.29, 0.717) is 25.7 Å². The van der Waals surface area contributed by atoms with Crippen molar-refractivity contribution in [2.45, 2.75) is 44.7 Å². The summed E-state index contributed by atoms with van der Waals surface area (Å²) in [5.74, 6) is -1.03. The molecule has 0 aromatic rings. The molecule has 0 radical (unpaired) electrons. The molecular formula is C12H25N3O4S. The third-order valence-corrected chi connectivity index (χ3v) is 3.83. The smallest absolute Gasteiger partial charge is 0.241 e.